The molecule has 1 fully saturated rings. The number of likely N-dealkylation sites (tertiary alicyclic amines) is 1. The lowest BCUT2D eigenvalue weighted by atomic mass is 10.1. The van der Waals surface area contributed by atoms with Crippen molar-refractivity contribution in [3.05, 3.63) is 35.4 Å². The van der Waals surface area contributed by atoms with Crippen LogP contribution in [-0.2, 0) is 22.6 Å². The maximum atomic E-state index is 11.9. The van der Waals surface area contributed by atoms with Crippen LogP contribution in [0.5, 0.6) is 0 Å². The number of hydrogen-bond donors (Lipinski definition) is 2. The molecule has 2 N–H and O–H groups in total. The van der Waals surface area contributed by atoms with Crippen molar-refractivity contribution in [3.63, 3.8) is 0 Å². The van der Waals surface area contributed by atoms with Crippen molar-refractivity contribution in [2.75, 3.05) is 33.4 Å². The number of unbranched alkanes of at least 4 members (excludes halogenated alkanes) is 1. The van der Waals surface area contributed by atoms with Gasteiger partial charge in [0.15, 0.2) is 5.96 Å². The van der Waals surface area contributed by atoms with E-state index < -0.39 is 0 Å². The van der Waals surface area contributed by atoms with Gasteiger partial charge in [0.2, 0.25) is 5.91 Å². The summed E-state index contributed by atoms with van der Waals surface area (Å²) in [5, 5.41) is 6.70. The smallest absolute Gasteiger partial charge is 0.222 e. The molecule has 0 spiro atoms. The van der Waals surface area contributed by atoms with Gasteiger partial charge in [-0.15, -0.1) is 0 Å². The number of nitrogens with one attached hydrogen (secondary N) is 2. The van der Waals surface area contributed by atoms with Gasteiger partial charge in [-0.2, -0.15) is 0 Å². The minimum atomic E-state index is 0.261. The molecule has 0 aromatic heterocycles. The Balaban J connectivity index is 1.79. The van der Waals surface area contributed by atoms with Crippen molar-refractivity contribution in [2.24, 2.45) is 4.99 Å². The molecule has 0 radical (unpaired) electrons. The molecule has 0 unspecified atom stereocenters. The van der Waals surface area contributed by atoms with Gasteiger partial charge in [0, 0.05) is 52.9 Å². The third-order valence-corrected chi connectivity index (χ3v) is 4.53. The molecule has 2 rings (SSSR count). The van der Waals surface area contributed by atoms with Crippen molar-refractivity contribution in [2.45, 2.75) is 45.7 Å². The first kappa shape index (κ1) is 20.2. The quantitative estimate of drug-likeness (QED) is 0.382. The van der Waals surface area contributed by atoms with Gasteiger partial charge in [-0.05, 0) is 37.3 Å². The first-order valence-electron chi connectivity index (χ1n) is 9.61. The molecule has 1 heterocycles. The van der Waals surface area contributed by atoms with E-state index in [0.717, 1.165) is 51.5 Å². The van der Waals surface area contributed by atoms with Crippen LogP contribution in [0, 0.1) is 0 Å². The minimum absolute atomic E-state index is 0.261. The minimum Gasteiger partial charge on any atom is -0.382 e. The highest BCUT2D eigenvalue weighted by Gasteiger charge is 2.20. The van der Waals surface area contributed by atoms with Crippen molar-refractivity contribution >= 4 is 11.9 Å². The Morgan fingerprint density at radius 1 is 1.23 bits per heavy atom. The predicted molar refractivity (Wildman–Crippen MR) is 105 cm³/mol. The lowest BCUT2D eigenvalue weighted by Gasteiger charge is -2.19. The van der Waals surface area contributed by atoms with Gasteiger partial charge in [0.25, 0.3) is 0 Å². The normalized spacial score (nSPS) is 14.8. The van der Waals surface area contributed by atoms with E-state index >= 15 is 0 Å². The van der Waals surface area contributed by atoms with E-state index in [9.17, 15) is 4.79 Å². The Morgan fingerprint density at radius 2 is 2.04 bits per heavy atom. The predicted octanol–water partition coefficient (Wildman–Crippen LogP) is 2.29. The summed E-state index contributed by atoms with van der Waals surface area (Å²) in [5.74, 6) is 1.06. The number of ether oxygens (including phenoxy) is 1. The Hall–Kier alpha value is -2.08. The van der Waals surface area contributed by atoms with Crippen molar-refractivity contribution in [3.8, 4) is 0 Å². The van der Waals surface area contributed by atoms with Crippen molar-refractivity contribution in [1.29, 1.82) is 0 Å². The van der Waals surface area contributed by atoms with Gasteiger partial charge in [-0.25, -0.2) is 0 Å². The number of guanidine groups is 1. The molecule has 6 nitrogen and oxygen atoms in total. The highest BCUT2D eigenvalue weighted by atomic mass is 16.5. The third-order valence-electron chi connectivity index (χ3n) is 4.53. The number of hydrogen-bond acceptors (Lipinski definition) is 3. The molecule has 1 saturated heterocycles. The molecule has 144 valence electrons. The fourth-order valence-corrected chi connectivity index (χ4v) is 3.04. The lowest BCUT2D eigenvalue weighted by Crippen LogP contribution is -2.37. The average molecular weight is 361 g/mol. The van der Waals surface area contributed by atoms with E-state index in [1.807, 2.05) is 24.0 Å². The highest BCUT2D eigenvalue weighted by Crippen LogP contribution is 2.17. The molecule has 26 heavy (non-hydrogen) atoms. The second-order valence-electron chi connectivity index (χ2n) is 6.44. The Kier molecular flexibility index (Phi) is 8.96. The van der Waals surface area contributed by atoms with Crippen LogP contribution in [0.1, 0.15) is 43.7 Å². The first-order valence-corrected chi connectivity index (χ1v) is 9.61. The van der Waals surface area contributed by atoms with Gasteiger partial charge in [-0.3, -0.25) is 9.79 Å². The molecule has 0 saturated carbocycles. The number of carbonyl (C=O) groups excluding carboxylic acids is 1. The molecule has 6 heteroatoms. The second-order valence-corrected chi connectivity index (χ2v) is 6.44. The zero-order valence-electron chi connectivity index (χ0n) is 16.1. The summed E-state index contributed by atoms with van der Waals surface area (Å²) in [6.07, 6.45) is 3.75. The van der Waals surface area contributed by atoms with Gasteiger partial charge < -0.3 is 20.3 Å². The number of benzene rings is 1. The van der Waals surface area contributed by atoms with Gasteiger partial charge >= 0.3 is 0 Å². The van der Waals surface area contributed by atoms with Crippen LogP contribution in [0.15, 0.2) is 29.3 Å². The second kappa shape index (κ2) is 11.5. The van der Waals surface area contributed by atoms with Crippen LogP contribution in [0.3, 0.4) is 0 Å². The Morgan fingerprint density at radius 3 is 2.73 bits per heavy atom. The molecule has 1 aromatic carbocycles. The topological polar surface area (TPSA) is 66.0 Å². The van der Waals surface area contributed by atoms with Gasteiger partial charge in [0.1, 0.15) is 0 Å². The highest BCUT2D eigenvalue weighted by molar-refractivity contribution is 5.79. The van der Waals surface area contributed by atoms with Crippen LogP contribution in [0.4, 0.5) is 0 Å². The number of carbonyl (C=O) groups is 1. The van der Waals surface area contributed by atoms with Gasteiger partial charge in [-0.1, -0.05) is 24.3 Å². The van der Waals surface area contributed by atoms with Crippen LogP contribution in [0.25, 0.3) is 0 Å². The number of amides is 1. The molecular formula is C20H32N4O2. The molecule has 1 aromatic rings. The van der Waals surface area contributed by atoms with E-state index in [1.54, 1.807) is 7.05 Å². The largest absolute Gasteiger partial charge is 0.382 e. The average Bonchev–Trinajstić information content (AvgIpc) is 3.06. The fraction of sp³-hybridized carbons (Fsp3) is 0.600. The standard InChI is InChI=1S/C20H32N4O2/c1-3-26-14-7-6-12-22-20(21-2)23-15-17-9-4-5-10-18(17)16-24-13-8-11-19(24)25/h4-5,9-10H,3,6-8,11-16H2,1-2H3,(H2,21,22,23). The number of rotatable bonds is 10. The van der Waals surface area contributed by atoms with Crippen molar-refractivity contribution < 1.29 is 9.53 Å². The van der Waals surface area contributed by atoms with Crippen LogP contribution < -0.4 is 10.6 Å². The molecule has 1 aliphatic rings. The summed E-state index contributed by atoms with van der Waals surface area (Å²) < 4.78 is 5.35. The van der Waals surface area contributed by atoms with Crippen LogP contribution in [0.2, 0.25) is 0 Å². The monoisotopic (exact) mass is 360 g/mol. The summed E-state index contributed by atoms with van der Waals surface area (Å²) in [7, 11) is 1.78. The Labute approximate surface area is 157 Å². The summed E-state index contributed by atoms with van der Waals surface area (Å²) in [6, 6.07) is 8.28. The summed E-state index contributed by atoms with van der Waals surface area (Å²) in [4.78, 5) is 18.1. The fourth-order valence-electron chi connectivity index (χ4n) is 3.04. The van der Waals surface area contributed by atoms with Crippen molar-refractivity contribution in [1.82, 2.24) is 15.5 Å². The first-order chi connectivity index (χ1) is 12.7. The summed E-state index contributed by atoms with van der Waals surface area (Å²) in [6.45, 7) is 6.73. The zero-order valence-corrected chi connectivity index (χ0v) is 16.1. The third kappa shape index (κ3) is 6.67. The summed E-state index contributed by atoms with van der Waals surface area (Å²) in [5.41, 5.74) is 2.40. The molecule has 0 atom stereocenters. The lowest BCUT2D eigenvalue weighted by molar-refractivity contribution is -0.128. The summed E-state index contributed by atoms with van der Waals surface area (Å²) >= 11 is 0. The Bertz CT molecular complexity index is 589. The van der Waals surface area contributed by atoms with E-state index in [-0.39, 0.29) is 5.91 Å². The molecule has 1 amide bonds. The van der Waals surface area contributed by atoms with Crippen LogP contribution >= 0.6 is 0 Å². The van der Waals surface area contributed by atoms with E-state index in [4.69, 9.17) is 4.74 Å². The molecule has 1 aliphatic heterocycles. The maximum Gasteiger partial charge on any atom is 0.222 e. The number of nitrogens with zero attached hydrogens (tertiary/aromatic N) is 2. The van der Waals surface area contributed by atoms with Crippen LogP contribution in [-0.4, -0.2) is 50.1 Å². The van der Waals surface area contributed by atoms with Gasteiger partial charge in [0.05, 0.1) is 0 Å². The van der Waals surface area contributed by atoms with E-state index in [0.29, 0.717) is 19.5 Å². The molecular weight excluding hydrogens is 328 g/mol. The molecule has 0 bridgehead atoms. The molecule has 0 aliphatic carbocycles. The SMILES string of the molecule is CCOCCCCNC(=NC)NCc1ccccc1CN1CCCC1=O. The zero-order chi connectivity index (χ0) is 18.6. The van der Waals surface area contributed by atoms with E-state index in [2.05, 4.69) is 27.8 Å². The number of aliphatic imine (C=N–C) groups is 1. The van der Waals surface area contributed by atoms with E-state index in [1.165, 1.54) is 11.1 Å². The maximum absolute atomic E-state index is 11.9.